The lowest BCUT2D eigenvalue weighted by Gasteiger charge is -2.17. The van der Waals surface area contributed by atoms with Crippen LogP contribution in [0.1, 0.15) is 23.8 Å². The summed E-state index contributed by atoms with van der Waals surface area (Å²) in [5.41, 5.74) is 2.10. The molecule has 164 valence electrons. The number of nitrogens with zero attached hydrogens (tertiary/aromatic N) is 2. The van der Waals surface area contributed by atoms with E-state index < -0.39 is 0 Å². The smallest absolute Gasteiger partial charge is 0.267 e. The van der Waals surface area contributed by atoms with E-state index in [4.69, 9.17) is 21.3 Å². The molecule has 0 N–H and O–H groups in total. The Morgan fingerprint density at radius 2 is 1.97 bits per heavy atom. The first-order valence-corrected chi connectivity index (χ1v) is 12.9. The largest absolute Gasteiger partial charge is 0.493 e. The molecule has 0 amide bonds. The summed E-state index contributed by atoms with van der Waals surface area (Å²) in [6.45, 7) is 2.79. The van der Waals surface area contributed by atoms with Gasteiger partial charge in [0.05, 0.1) is 17.7 Å². The van der Waals surface area contributed by atoms with Gasteiger partial charge in [-0.3, -0.25) is 9.36 Å². The summed E-state index contributed by atoms with van der Waals surface area (Å²) < 4.78 is 7.60. The van der Waals surface area contributed by atoms with E-state index in [1.807, 2.05) is 54.6 Å². The van der Waals surface area contributed by atoms with Crippen molar-refractivity contribution in [3.05, 3.63) is 80.4 Å². The van der Waals surface area contributed by atoms with Crippen LogP contribution in [0.15, 0.2) is 64.5 Å². The normalized spacial score (nSPS) is 15.6. The van der Waals surface area contributed by atoms with Gasteiger partial charge in [0, 0.05) is 15.7 Å². The number of halogens is 1. The molecule has 0 fully saturated rings. The maximum absolute atomic E-state index is 13.7. The number of fused-ring (bicyclic) bond motifs is 3. The molecule has 1 unspecified atom stereocenters. The van der Waals surface area contributed by atoms with Crippen LogP contribution >= 0.6 is 34.7 Å². The predicted octanol–water partition coefficient (Wildman–Crippen LogP) is 6.40. The van der Waals surface area contributed by atoms with E-state index in [0.717, 1.165) is 40.9 Å². The summed E-state index contributed by atoms with van der Waals surface area (Å²) in [6, 6.07) is 17.1. The van der Waals surface area contributed by atoms with Gasteiger partial charge in [0.25, 0.3) is 5.56 Å². The fraction of sp³-hybridized carbons (Fsp3) is 0.280. The maximum atomic E-state index is 13.7. The third-order valence-electron chi connectivity index (χ3n) is 5.71. The van der Waals surface area contributed by atoms with Crippen molar-refractivity contribution in [1.82, 2.24) is 9.55 Å². The van der Waals surface area contributed by atoms with E-state index in [-0.39, 0.29) is 5.56 Å². The Morgan fingerprint density at radius 3 is 2.75 bits per heavy atom. The molecular weight excluding hydrogens is 460 g/mol. The van der Waals surface area contributed by atoms with E-state index in [1.165, 1.54) is 10.4 Å². The quantitative estimate of drug-likeness (QED) is 0.181. The van der Waals surface area contributed by atoms with Gasteiger partial charge in [-0.15, -0.1) is 11.3 Å². The highest BCUT2D eigenvalue weighted by molar-refractivity contribution is 7.99. The van der Waals surface area contributed by atoms with E-state index >= 15 is 0 Å². The molecule has 1 atom stereocenters. The first-order chi connectivity index (χ1) is 15.6. The minimum atomic E-state index is 0.0365. The van der Waals surface area contributed by atoms with Crippen LogP contribution < -0.4 is 10.3 Å². The number of thiophene rings is 1. The third kappa shape index (κ3) is 4.32. The highest BCUT2D eigenvalue weighted by Gasteiger charge is 2.25. The summed E-state index contributed by atoms with van der Waals surface area (Å²) in [7, 11) is 0. The average molecular weight is 483 g/mol. The van der Waals surface area contributed by atoms with E-state index in [0.29, 0.717) is 28.5 Å². The van der Waals surface area contributed by atoms with Crippen molar-refractivity contribution < 1.29 is 4.74 Å². The Bertz CT molecular complexity index is 1300. The molecule has 4 nitrogen and oxygen atoms in total. The molecule has 2 aromatic carbocycles. The van der Waals surface area contributed by atoms with Crippen molar-refractivity contribution in [2.75, 3.05) is 12.4 Å². The topological polar surface area (TPSA) is 44.1 Å². The average Bonchev–Trinajstić information content (AvgIpc) is 3.16. The Balaban J connectivity index is 1.48. The van der Waals surface area contributed by atoms with Crippen LogP contribution in [-0.4, -0.2) is 21.9 Å². The number of ether oxygens (including phenoxy) is 1. The van der Waals surface area contributed by atoms with Gasteiger partial charge < -0.3 is 4.74 Å². The minimum Gasteiger partial charge on any atom is -0.493 e. The van der Waals surface area contributed by atoms with E-state index in [1.54, 1.807) is 27.7 Å². The van der Waals surface area contributed by atoms with Crippen molar-refractivity contribution in [3.8, 4) is 11.4 Å². The number of hydrogen-bond donors (Lipinski definition) is 0. The molecule has 0 spiro atoms. The first-order valence-electron chi connectivity index (χ1n) is 10.7. The molecule has 7 heteroatoms. The van der Waals surface area contributed by atoms with Gasteiger partial charge in [0.1, 0.15) is 10.6 Å². The highest BCUT2D eigenvalue weighted by Crippen LogP contribution is 2.37. The molecule has 0 radical (unpaired) electrons. The SMILES string of the molecule is CC1CCc2c(sc3nc(SCCOc4ccc(Cl)cc4)n(-c4ccccc4)c(=O)c23)C1. The lowest BCUT2D eigenvalue weighted by molar-refractivity contribution is 0.344. The number of thioether (sulfide) groups is 1. The number of hydrogen-bond acceptors (Lipinski definition) is 5. The molecule has 0 saturated heterocycles. The summed E-state index contributed by atoms with van der Waals surface area (Å²) in [5, 5.41) is 2.20. The van der Waals surface area contributed by atoms with Crippen LogP contribution in [0.4, 0.5) is 0 Å². The van der Waals surface area contributed by atoms with E-state index in [2.05, 4.69) is 6.92 Å². The molecular formula is C25H23ClN2O2S2. The molecule has 0 aliphatic heterocycles. The molecule has 32 heavy (non-hydrogen) atoms. The van der Waals surface area contributed by atoms with Gasteiger partial charge in [0.2, 0.25) is 0 Å². The second kappa shape index (κ2) is 9.30. The summed E-state index contributed by atoms with van der Waals surface area (Å²) >= 11 is 9.18. The van der Waals surface area contributed by atoms with Crippen molar-refractivity contribution >= 4 is 44.9 Å². The Hall–Kier alpha value is -2.28. The molecule has 4 aromatic rings. The van der Waals surface area contributed by atoms with Crippen molar-refractivity contribution in [3.63, 3.8) is 0 Å². The number of rotatable bonds is 6. The zero-order chi connectivity index (χ0) is 22.1. The fourth-order valence-electron chi connectivity index (χ4n) is 4.10. The molecule has 0 bridgehead atoms. The van der Waals surface area contributed by atoms with Crippen molar-refractivity contribution in [2.45, 2.75) is 31.3 Å². The summed E-state index contributed by atoms with van der Waals surface area (Å²) in [5.74, 6) is 2.11. The van der Waals surface area contributed by atoms with Crippen LogP contribution in [0.3, 0.4) is 0 Å². The zero-order valence-electron chi connectivity index (χ0n) is 17.7. The number of para-hydroxylation sites is 1. The zero-order valence-corrected chi connectivity index (χ0v) is 20.1. The Labute approximate surface area is 200 Å². The molecule has 0 saturated carbocycles. The van der Waals surface area contributed by atoms with Gasteiger partial charge in [-0.25, -0.2) is 4.98 Å². The van der Waals surface area contributed by atoms with Gasteiger partial charge >= 0.3 is 0 Å². The van der Waals surface area contributed by atoms with Crippen LogP contribution in [-0.2, 0) is 12.8 Å². The second-order valence-electron chi connectivity index (χ2n) is 8.05. The van der Waals surface area contributed by atoms with Gasteiger partial charge in [-0.2, -0.15) is 0 Å². The highest BCUT2D eigenvalue weighted by atomic mass is 35.5. The molecule has 1 aliphatic carbocycles. The predicted molar refractivity (Wildman–Crippen MR) is 134 cm³/mol. The van der Waals surface area contributed by atoms with Crippen LogP contribution in [0.25, 0.3) is 15.9 Å². The summed E-state index contributed by atoms with van der Waals surface area (Å²) in [6.07, 6.45) is 3.13. The van der Waals surface area contributed by atoms with E-state index in [9.17, 15) is 4.79 Å². The number of aromatic nitrogens is 2. The van der Waals surface area contributed by atoms with Gasteiger partial charge in [0.15, 0.2) is 5.16 Å². The second-order valence-corrected chi connectivity index (χ2v) is 10.6. The molecule has 1 aliphatic rings. The van der Waals surface area contributed by atoms with Crippen molar-refractivity contribution in [2.24, 2.45) is 5.92 Å². The third-order valence-corrected chi connectivity index (χ3v) is 8.01. The Kier molecular flexibility index (Phi) is 6.26. The number of aryl methyl sites for hydroxylation is 1. The molecule has 2 heterocycles. The minimum absolute atomic E-state index is 0.0365. The lowest BCUT2D eigenvalue weighted by Crippen LogP contribution is -2.23. The molecule has 2 aromatic heterocycles. The van der Waals surface area contributed by atoms with Gasteiger partial charge in [-0.05, 0) is 67.1 Å². The maximum Gasteiger partial charge on any atom is 0.267 e. The van der Waals surface area contributed by atoms with Crippen molar-refractivity contribution in [1.29, 1.82) is 0 Å². The van der Waals surface area contributed by atoms with Crippen LogP contribution in [0.5, 0.6) is 5.75 Å². The van der Waals surface area contributed by atoms with Crippen LogP contribution in [0, 0.1) is 5.92 Å². The van der Waals surface area contributed by atoms with Crippen LogP contribution in [0.2, 0.25) is 5.02 Å². The Morgan fingerprint density at radius 1 is 1.19 bits per heavy atom. The monoisotopic (exact) mass is 482 g/mol. The summed E-state index contributed by atoms with van der Waals surface area (Å²) in [4.78, 5) is 20.9. The van der Waals surface area contributed by atoms with Gasteiger partial charge in [-0.1, -0.05) is 48.5 Å². The lowest BCUT2D eigenvalue weighted by atomic mass is 9.89. The fourth-order valence-corrected chi connectivity index (χ4v) is 6.48. The molecule has 5 rings (SSSR count). The standard InChI is InChI=1S/C25H23ClN2O2S2/c1-16-7-12-20-21(15-16)32-23-22(20)24(29)28(18-5-3-2-4-6-18)25(27-23)31-14-13-30-19-10-8-17(26)9-11-19/h2-6,8-11,16H,7,12-15H2,1H3. The first kappa shape index (κ1) is 21.6. The number of benzene rings is 2.